The normalized spacial score (nSPS) is 12.9. The van der Waals surface area contributed by atoms with Crippen LogP contribution in [0.3, 0.4) is 0 Å². The highest BCUT2D eigenvalue weighted by Crippen LogP contribution is 1.97. The molecule has 116 valence electrons. The first-order valence-corrected chi connectivity index (χ1v) is 10.7. The van der Waals surface area contributed by atoms with Gasteiger partial charge in [-0.15, -0.1) is 0 Å². The smallest absolute Gasteiger partial charge is 0.134 e. The molecule has 0 saturated carbocycles. The molecule has 0 fully saturated rings. The highest BCUT2D eigenvalue weighted by molar-refractivity contribution is 6.36. The quantitative estimate of drug-likeness (QED) is 0.271. The third kappa shape index (κ3) is 11.7. The summed E-state index contributed by atoms with van der Waals surface area (Å²) in [5.41, 5.74) is 0. The highest BCUT2D eigenvalue weighted by Gasteiger charge is 2.05. The van der Waals surface area contributed by atoms with Crippen molar-refractivity contribution in [3.63, 3.8) is 0 Å². The maximum absolute atomic E-state index is 5.20. The molecule has 0 spiro atoms. The average Bonchev–Trinajstić information content (AvgIpc) is 2.45. The van der Waals surface area contributed by atoms with Gasteiger partial charge in [-0.05, 0) is 25.9 Å². The molecule has 0 aliphatic heterocycles. The maximum atomic E-state index is 5.20. The molecule has 0 heterocycles. The van der Waals surface area contributed by atoms with E-state index in [4.69, 9.17) is 18.9 Å². The van der Waals surface area contributed by atoms with Crippen LogP contribution in [0.2, 0.25) is 12.1 Å². The Kier molecular flexibility index (Phi) is 14.8. The molecule has 7 heteroatoms. The molecule has 0 rings (SSSR count). The van der Waals surface area contributed by atoms with Crippen molar-refractivity contribution in [1.29, 1.82) is 0 Å². The molecule has 0 aromatic carbocycles. The SMILES string of the molecule is COC(OC)[SiH2]CCCNCCC[SiH2]C(OC)OC. The van der Waals surface area contributed by atoms with Gasteiger partial charge < -0.3 is 24.3 Å². The lowest BCUT2D eigenvalue weighted by Gasteiger charge is -2.13. The summed E-state index contributed by atoms with van der Waals surface area (Å²) in [6, 6.07) is 2.53. The molecular formula is C12H31NO4Si2. The average molecular weight is 310 g/mol. The fourth-order valence-electron chi connectivity index (χ4n) is 1.91. The van der Waals surface area contributed by atoms with E-state index in [1.165, 1.54) is 24.9 Å². The molecule has 0 unspecified atom stereocenters. The molecule has 0 bridgehead atoms. The van der Waals surface area contributed by atoms with E-state index in [0.717, 1.165) is 13.1 Å². The first kappa shape index (κ1) is 19.2. The maximum Gasteiger partial charge on any atom is 0.134 e. The van der Waals surface area contributed by atoms with Gasteiger partial charge in [-0.2, -0.15) is 0 Å². The summed E-state index contributed by atoms with van der Waals surface area (Å²) in [7, 11) is 6.38. The Morgan fingerprint density at radius 1 is 0.737 bits per heavy atom. The van der Waals surface area contributed by atoms with E-state index < -0.39 is 0 Å². The zero-order valence-corrected chi connectivity index (χ0v) is 15.8. The van der Waals surface area contributed by atoms with Crippen molar-refractivity contribution < 1.29 is 18.9 Å². The number of methoxy groups -OCH3 is 4. The molecule has 19 heavy (non-hydrogen) atoms. The van der Waals surface area contributed by atoms with Gasteiger partial charge >= 0.3 is 0 Å². The van der Waals surface area contributed by atoms with Crippen molar-refractivity contribution in [2.24, 2.45) is 0 Å². The van der Waals surface area contributed by atoms with Crippen LogP contribution < -0.4 is 5.32 Å². The summed E-state index contributed by atoms with van der Waals surface area (Å²) in [6.45, 7) is 2.21. The second-order valence-corrected chi connectivity index (χ2v) is 8.45. The fourth-order valence-corrected chi connectivity index (χ4v) is 4.60. The van der Waals surface area contributed by atoms with Gasteiger partial charge in [-0.1, -0.05) is 12.1 Å². The Morgan fingerprint density at radius 2 is 1.11 bits per heavy atom. The van der Waals surface area contributed by atoms with E-state index in [9.17, 15) is 0 Å². The van der Waals surface area contributed by atoms with Crippen LogP contribution in [0, 0.1) is 0 Å². The number of rotatable bonds is 14. The van der Waals surface area contributed by atoms with Crippen molar-refractivity contribution in [3.05, 3.63) is 0 Å². The third-order valence-corrected chi connectivity index (χ3v) is 7.23. The summed E-state index contributed by atoms with van der Waals surface area (Å²) in [5, 5.41) is 3.49. The molecule has 0 radical (unpaired) electrons. The summed E-state index contributed by atoms with van der Waals surface area (Å²) < 4.78 is 20.8. The van der Waals surface area contributed by atoms with Crippen LogP contribution in [0.5, 0.6) is 0 Å². The Bertz CT molecular complexity index is 163. The van der Waals surface area contributed by atoms with Gasteiger partial charge in [0.2, 0.25) is 0 Å². The molecule has 0 aliphatic carbocycles. The van der Waals surface area contributed by atoms with Gasteiger partial charge in [-0.3, -0.25) is 0 Å². The summed E-state index contributed by atoms with van der Waals surface area (Å²) in [5.74, 6) is 0.178. The first-order valence-electron chi connectivity index (χ1n) is 7.10. The lowest BCUT2D eigenvalue weighted by atomic mass is 10.4. The van der Waals surface area contributed by atoms with Gasteiger partial charge in [0.25, 0.3) is 0 Å². The summed E-state index contributed by atoms with van der Waals surface area (Å²) in [6.07, 6.45) is 2.46. The van der Waals surface area contributed by atoms with Crippen LogP contribution in [0.4, 0.5) is 0 Å². The minimum Gasteiger partial charge on any atom is -0.360 e. The largest absolute Gasteiger partial charge is 0.360 e. The van der Waals surface area contributed by atoms with Gasteiger partial charge in [0, 0.05) is 28.4 Å². The molecule has 0 aliphatic rings. The van der Waals surface area contributed by atoms with E-state index >= 15 is 0 Å². The van der Waals surface area contributed by atoms with Crippen molar-refractivity contribution in [2.75, 3.05) is 41.5 Å². The standard InChI is InChI=1S/C12H31NO4Si2/c1-14-11(15-2)18-9-5-7-13-8-6-10-19-12(16-3)17-4/h11-13H,5-10,18-19H2,1-4H3. The van der Waals surface area contributed by atoms with Crippen LogP contribution in [-0.4, -0.2) is 72.4 Å². The van der Waals surface area contributed by atoms with Gasteiger partial charge in [0.15, 0.2) is 0 Å². The number of ether oxygens (including phenoxy) is 4. The lowest BCUT2D eigenvalue weighted by molar-refractivity contribution is -0.0442. The fraction of sp³-hybridized carbons (Fsp3) is 1.00. The second-order valence-electron chi connectivity index (χ2n) is 4.54. The van der Waals surface area contributed by atoms with E-state index in [1.54, 1.807) is 28.4 Å². The molecule has 0 amide bonds. The van der Waals surface area contributed by atoms with E-state index in [0.29, 0.717) is 0 Å². The molecular weight excluding hydrogens is 278 g/mol. The van der Waals surface area contributed by atoms with Crippen LogP contribution in [0.15, 0.2) is 0 Å². The third-order valence-electron chi connectivity index (χ3n) is 3.14. The molecule has 0 aromatic rings. The monoisotopic (exact) mass is 309 g/mol. The molecule has 1 N–H and O–H groups in total. The molecule has 0 aromatic heterocycles. The predicted molar refractivity (Wildman–Crippen MR) is 84.4 cm³/mol. The summed E-state index contributed by atoms with van der Waals surface area (Å²) >= 11 is 0. The van der Waals surface area contributed by atoms with Crippen molar-refractivity contribution >= 4 is 19.0 Å². The van der Waals surface area contributed by atoms with Gasteiger partial charge in [0.05, 0.1) is 19.0 Å². The second kappa shape index (κ2) is 14.6. The minimum atomic E-state index is -0.246. The van der Waals surface area contributed by atoms with Crippen molar-refractivity contribution in [3.8, 4) is 0 Å². The van der Waals surface area contributed by atoms with E-state index in [1.807, 2.05) is 0 Å². The summed E-state index contributed by atoms with van der Waals surface area (Å²) in [4.78, 5) is 0. The van der Waals surface area contributed by atoms with Gasteiger partial charge in [0.1, 0.15) is 11.8 Å². The Labute approximate surface area is 122 Å². The van der Waals surface area contributed by atoms with Gasteiger partial charge in [-0.25, -0.2) is 0 Å². The number of nitrogens with one attached hydrogen (secondary N) is 1. The molecule has 5 nitrogen and oxygen atoms in total. The topological polar surface area (TPSA) is 49.0 Å². The number of hydrogen-bond acceptors (Lipinski definition) is 5. The van der Waals surface area contributed by atoms with Crippen LogP contribution in [-0.2, 0) is 18.9 Å². The lowest BCUT2D eigenvalue weighted by Crippen LogP contribution is -2.24. The first-order chi connectivity index (χ1) is 9.28. The zero-order chi connectivity index (χ0) is 14.3. The van der Waals surface area contributed by atoms with Crippen LogP contribution in [0.25, 0.3) is 0 Å². The predicted octanol–water partition coefficient (Wildman–Crippen LogP) is -0.317. The van der Waals surface area contributed by atoms with Crippen molar-refractivity contribution in [1.82, 2.24) is 5.32 Å². The molecule has 0 saturated heterocycles. The molecule has 0 atom stereocenters. The zero-order valence-electron chi connectivity index (χ0n) is 12.9. The highest BCUT2D eigenvalue weighted by atomic mass is 28.2. The minimum absolute atomic E-state index is 0.0889. The van der Waals surface area contributed by atoms with Crippen LogP contribution >= 0.6 is 0 Å². The Morgan fingerprint density at radius 3 is 1.42 bits per heavy atom. The Balaban J connectivity index is 3.19. The van der Waals surface area contributed by atoms with E-state index in [2.05, 4.69) is 5.32 Å². The number of hydrogen-bond donors (Lipinski definition) is 1. The van der Waals surface area contributed by atoms with Crippen LogP contribution in [0.1, 0.15) is 12.8 Å². The van der Waals surface area contributed by atoms with Crippen molar-refractivity contribution in [2.45, 2.75) is 36.8 Å². The Hall–Kier alpha value is 0.234. The van der Waals surface area contributed by atoms with E-state index in [-0.39, 0.29) is 30.9 Å².